The third kappa shape index (κ3) is 8.22. The molecule has 0 heterocycles. The minimum Gasteiger partial charge on any atom is -0.462 e. The van der Waals surface area contributed by atoms with Crippen LogP contribution >= 0.6 is 0 Å². The highest BCUT2D eigenvalue weighted by Crippen LogP contribution is 2.16. The lowest BCUT2D eigenvalue weighted by molar-refractivity contribution is -0.140. The van der Waals surface area contributed by atoms with E-state index in [1.165, 1.54) is 48.5 Å². The van der Waals surface area contributed by atoms with Crippen LogP contribution in [0.3, 0.4) is 0 Å². The summed E-state index contributed by atoms with van der Waals surface area (Å²) in [4.78, 5) is 47.4. The van der Waals surface area contributed by atoms with E-state index in [9.17, 15) is 19.2 Å². The first-order valence-corrected chi connectivity index (χ1v) is 10.4. The van der Waals surface area contributed by atoms with Crippen LogP contribution in [0.2, 0.25) is 0 Å². The monoisotopic (exact) mass is 442 g/mol. The maximum absolute atomic E-state index is 12.0. The van der Waals surface area contributed by atoms with Gasteiger partial charge in [-0.3, -0.25) is 9.59 Å². The molecular formula is C24H26O8. The van der Waals surface area contributed by atoms with Gasteiger partial charge in [-0.1, -0.05) is 13.8 Å². The third-order valence-electron chi connectivity index (χ3n) is 4.05. The predicted octanol–water partition coefficient (Wildman–Crippen LogP) is 4.11. The quantitative estimate of drug-likeness (QED) is 0.378. The standard InChI is InChI=1S/C24H26O8/c1-3-15-29-23(27)17-5-9-19(10-6-17)31-21(25)13-14-22(26)32-20-11-7-18(8-12-20)24(28)30-16-4-2/h5-12H,3-4,13-16H2,1-2H3. The first-order chi connectivity index (χ1) is 15.4. The SMILES string of the molecule is CCCOC(=O)c1ccc(OC(=O)CCC(=O)Oc2ccc(C(=O)OCCC)cc2)cc1. The normalized spacial score (nSPS) is 10.2. The molecule has 0 unspecified atom stereocenters. The first kappa shape index (κ1) is 24.6. The van der Waals surface area contributed by atoms with Gasteiger partial charge in [0.25, 0.3) is 0 Å². The number of carbonyl (C=O) groups is 4. The smallest absolute Gasteiger partial charge is 0.338 e. The minimum absolute atomic E-state index is 0.180. The summed E-state index contributed by atoms with van der Waals surface area (Å²) in [5, 5.41) is 0. The lowest BCUT2D eigenvalue weighted by Crippen LogP contribution is -2.14. The van der Waals surface area contributed by atoms with Gasteiger partial charge in [0, 0.05) is 0 Å². The Labute approximate surface area is 186 Å². The average molecular weight is 442 g/mol. The van der Waals surface area contributed by atoms with Crippen molar-refractivity contribution in [2.45, 2.75) is 39.5 Å². The first-order valence-electron chi connectivity index (χ1n) is 10.4. The fourth-order valence-corrected chi connectivity index (χ4v) is 2.44. The number of hydrogen-bond donors (Lipinski definition) is 0. The zero-order valence-electron chi connectivity index (χ0n) is 18.1. The molecule has 0 aliphatic rings. The molecule has 0 spiro atoms. The molecule has 2 aromatic carbocycles. The van der Waals surface area contributed by atoms with Crippen LogP contribution in [-0.4, -0.2) is 37.1 Å². The van der Waals surface area contributed by atoms with Gasteiger partial charge in [-0.05, 0) is 61.4 Å². The van der Waals surface area contributed by atoms with Gasteiger partial charge >= 0.3 is 23.9 Å². The summed E-state index contributed by atoms with van der Waals surface area (Å²) in [6.45, 7) is 4.46. The molecule has 0 fully saturated rings. The van der Waals surface area contributed by atoms with Gasteiger partial charge < -0.3 is 18.9 Å². The second-order valence-corrected chi connectivity index (χ2v) is 6.77. The van der Waals surface area contributed by atoms with E-state index in [1.807, 2.05) is 13.8 Å². The summed E-state index contributed by atoms with van der Waals surface area (Å²) in [6.07, 6.45) is 1.09. The molecule has 0 N–H and O–H groups in total. The van der Waals surface area contributed by atoms with Gasteiger partial charge in [-0.25, -0.2) is 9.59 Å². The molecular weight excluding hydrogens is 416 g/mol. The van der Waals surface area contributed by atoms with Crippen LogP contribution in [0.15, 0.2) is 48.5 Å². The van der Waals surface area contributed by atoms with Crippen LogP contribution < -0.4 is 9.47 Å². The summed E-state index contributed by atoms with van der Waals surface area (Å²) in [5.74, 6) is -1.62. The van der Waals surface area contributed by atoms with Crippen molar-refractivity contribution in [1.82, 2.24) is 0 Å². The molecule has 8 heteroatoms. The molecule has 170 valence electrons. The molecule has 0 aliphatic heterocycles. The van der Waals surface area contributed by atoms with Crippen LogP contribution in [0.1, 0.15) is 60.2 Å². The van der Waals surface area contributed by atoms with Crippen molar-refractivity contribution in [3.05, 3.63) is 59.7 Å². The van der Waals surface area contributed by atoms with Crippen LogP contribution in [0.25, 0.3) is 0 Å². The molecule has 0 atom stereocenters. The molecule has 32 heavy (non-hydrogen) atoms. The van der Waals surface area contributed by atoms with E-state index in [2.05, 4.69) is 0 Å². The van der Waals surface area contributed by atoms with Crippen molar-refractivity contribution in [3.63, 3.8) is 0 Å². The number of benzene rings is 2. The van der Waals surface area contributed by atoms with Crippen molar-refractivity contribution in [2.75, 3.05) is 13.2 Å². The zero-order chi connectivity index (χ0) is 23.3. The fraction of sp³-hybridized carbons (Fsp3) is 0.333. The summed E-state index contributed by atoms with van der Waals surface area (Å²) < 4.78 is 20.4. The van der Waals surface area contributed by atoms with Gasteiger partial charge in [0.15, 0.2) is 0 Å². The number of esters is 4. The molecule has 2 aromatic rings. The Bertz CT molecular complexity index is 839. The number of hydrogen-bond acceptors (Lipinski definition) is 8. The Hall–Kier alpha value is -3.68. The van der Waals surface area contributed by atoms with Crippen LogP contribution in [0.5, 0.6) is 11.5 Å². The summed E-state index contributed by atoms with van der Waals surface area (Å²) in [5.41, 5.74) is 0.706. The highest BCUT2D eigenvalue weighted by molar-refractivity contribution is 5.90. The van der Waals surface area contributed by atoms with E-state index in [1.54, 1.807) is 0 Å². The number of rotatable bonds is 11. The van der Waals surface area contributed by atoms with E-state index in [0.717, 1.165) is 12.8 Å². The molecule has 8 nitrogen and oxygen atoms in total. The summed E-state index contributed by atoms with van der Waals surface area (Å²) in [7, 11) is 0. The maximum atomic E-state index is 12.0. The third-order valence-corrected chi connectivity index (χ3v) is 4.05. The molecule has 0 aliphatic carbocycles. The molecule has 2 rings (SSSR count). The molecule has 0 saturated heterocycles. The molecule has 0 saturated carbocycles. The molecule has 0 radical (unpaired) electrons. The van der Waals surface area contributed by atoms with Gasteiger partial charge in [0.1, 0.15) is 11.5 Å². The second kappa shape index (κ2) is 12.9. The Balaban J connectivity index is 1.76. The fourth-order valence-electron chi connectivity index (χ4n) is 2.44. The molecule has 0 amide bonds. The van der Waals surface area contributed by atoms with Gasteiger partial charge in [0.05, 0.1) is 37.2 Å². The lowest BCUT2D eigenvalue weighted by atomic mass is 10.2. The highest BCUT2D eigenvalue weighted by atomic mass is 16.5. The van der Waals surface area contributed by atoms with Crippen LogP contribution in [0.4, 0.5) is 0 Å². The minimum atomic E-state index is -0.614. The van der Waals surface area contributed by atoms with Gasteiger partial charge in [0.2, 0.25) is 0 Å². The van der Waals surface area contributed by atoms with Crippen molar-refractivity contribution in [2.24, 2.45) is 0 Å². The van der Waals surface area contributed by atoms with E-state index >= 15 is 0 Å². The Kier molecular flexibility index (Phi) is 9.90. The second-order valence-electron chi connectivity index (χ2n) is 6.77. The summed E-state index contributed by atoms with van der Waals surface area (Å²) in [6, 6.07) is 11.9. The zero-order valence-corrected chi connectivity index (χ0v) is 18.1. The maximum Gasteiger partial charge on any atom is 0.338 e. The van der Waals surface area contributed by atoms with E-state index in [-0.39, 0.29) is 24.3 Å². The number of ether oxygens (including phenoxy) is 4. The number of carbonyl (C=O) groups excluding carboxylic acids is 4. The van der Waals surface area contributed by atoms with Crippen LogP contribution in [0, 0.1) is 0 Å². The summed E-state index contributed by atoms with van der Waals surface area (Å²) >= 11 is 0. The molecule has 0 bridgehead atoms. The van der Waals surface area contributed by atoms with E-state index < -0.39 is 23.9 Å². The average Bonchev–Trinajstić information content (AvgIpc) is 2.80. The van der Waals surface area contributed by atoms with E-state index in [0.29, 0.717) is 24.3 Å². The largest absolute Gasteiger partial charge is 0.462 e. The van der Waals surface area contributed by atoms with E-state index in [4.69, 9.17) is 18.9 Å². The van der Waals surface area contributed by atoms with Crippen molar-refractivity contribution < 1.29 is 38.1 Å². The predicted molar refractivity (Wildman–Crippen MR) is 115 cm³/mol. The van der Waals surface area contributed by atoms with Crippen molar-refractivity contribution in [3.8, 4) is 11.5 Å². The Morgan fingerprint density at radius 1 is 0.594 bits per heavy atom. The van der Waals surface area contributed by atoms with Crippen LogP contribution in [-0.2, 0) is 19.1 Å². The molecule has 0 aromatic heterocycles. The Morgan fingerprint density at radius 2 is 0.938 bits per heavy atom. The van der Waals surface area contributed by atoms with Crippen molar-refractivity contribution >= 4 is 23.9 Å². The Morgan fingerprint density at radius 3 is 1.25 bits per heavy atom. The van der Waals surface area contributed by atoms with Gasteiger partial charge in [-0.2, -0.15) is 0 Å². The lowest BCUT2D eigenvalue weighted by Gasteiger charge is -2.07. The van der Waals surface area contributed by atoms with Crippen molar-refractivity contribution in [1.29, 1.82) is 0 Å². The topological polar surface area (TPSA) is 105 Å². The van der Waals surface area contributed by atoms with Gasteiger partial charge in [-0.15, -0.1) is 0 Å². The highest BCUT2D eigenvalue weighted by Gasteiger charge is 2.13.